The number of rotatable bonds is 3. The summed E-state index contributed by atoms with van der Waals surface area (Å²) < 4.78 is 6.74. The topological polar surface area (TPSA) is 82.7 Å². The second-order valence-electron chi connectivity index (χ2n) is 6.36. The number of hydrogen-bond acceptors (Lipinski definition) is 6. The van der Waals surface area contributed by atoms with E-state index in [0.717, 1.165) is 31.9 Å². The largest absolute Gasteiger partial charge is 0.495 e. The highest BCUT2D eigenvalue weighted by molar-refractivity contribution is 5.66. The maximum Gasteiger partial charge on any atom is 0.258 e. The Balaban J connectivity index is 1.76. The van der Waals surface area contributed by atoms with Crippen molar-refractivity contribution in [3.63, 3.8) is 0 Å². The molecule has 0 radical (unpaired) electrons. The number of ether oxygens (including phenoxy) is 1. The van der Waals surface area contributed by atoms with Gasteiger partial charge in [-0.3, -0.25) is 9.20 Å². The molecule has 3 heterocycles. The Morgan fingerprint density at radius 1 is 1.19 bits per heavy atom. The number of hydrogen-bond donors (Lipinski definition) is 1. The monoisotopic (exact) mass is 361 g/mol. The molecule has 0 bridgehead atoms. The zero-order valence-electron chi connectivity index (χ0n) is 15.0. The van der Waals surface area contributed by atoms with Crippen molar-refractivity contribution in [1.29, 1.82) is 5.26 Å². The van der Waals surface area contributed by atoms with Crippen LogP contribution in [0.1, 0.15) is 5.56 Å². The summed E-state index contributed by atoms with van der Waals surface area (Å²) in [4.78, 5) is 19.5. The van der Waals surface area contributed by atoms with Gasteiger partial charge in [-0.2, -0.15) is 5.26 Å². The van der Waals surface area contributed by atoms with Crippen LogP contribution in [-0.4, -0.2) is 42.7 Å². The Morgan fingerprint density at radius 3 is 2.74 bits per heavy atom. The molecule has 0 spiro atoms. The Morgan fingerprint density at radius 2 is 2.00 bits per heavy atom. The van der Waals surface area contributed by atoms with E-state index in [2.05, 4.69) is 21.3 Å². The molecular weight excluding hydrogens is 342 g/mol. The lowest BCUT2D eigenvalue weighted by Gasteiger charge is -2.29. The zero-order valence-corrected chi connectivity index (χ0v) is 15.0. The quantitative estimate of drug-likeness (QED) is 0.764. The van der Waals surface area contributed by atoms with Gasteiger partial charge in [0.2, 0.25) is 0 Å². The molecule has 1 N–H and O–H groups in total. The van der Waals surface area contributed by atoms with Crippen molar-refractivity contribution in [2.45, 2.75) is 0 Å². The Kier molecular flexibility index (Phi) is 4.48. The average molecular weight is 361 g/mol. The number of nitrogens with one attached hydrogen (secondary N) is 1. The molecule has 1 saturated heterocycles. The lowest BCUT2D eigenvalue weighted by Crippen LogP contribution is -2.43. The van der Waals surface area contributed by atoms with Gasteiger partial charge in [0.25, 0.3) is 5.56 Å². The number of anilines is 1. The van der Waals surface area contributed by atoms with Crippen molar-refractivity contribution < 1.29 is 4.74 Å². The van der Waals surface area contributed by atoms with Crippen LogP contribution in [0.5, 0.6) is 5.75 Å². The molecule has 7 nitrogen and oxygen atoms in total. The highest BCUT2D eigenvalue weighted by Crippen LogP contribution is 2.25. The van der Waals surface area contributed by atoms with Gasteiger partial charge in [-0.1, -0.05) is 0 Å². The standard InChI is InChI=1S/C20H19N5O2/c1-27-18-4-2-14(10-15(18)12-21)17-11-20(26)25-13-16(3-5-19(25)23-17)24-8-6-22-7-9-24/h2-5,10-11,13,22H,6-9H2,1H3. The first-order valence-electron chi connectivity index (χ1n) is 8.77. The maximum atomic E-state index is 12.7. The summed E-state index contributed by atoms with van der Waals surface area (Å²) in [5.74, 6) is 0.499. The normalized spacial score (nSPS) is 14.1. The summed E-state index contributed by atoms with van der Waals surface area (Å²) in [7, 11) is 1.52. The predicted octanol–water partition coefficient (Wildman–Crippen LogP) is 1.65. The second kappa shape index (κ2) is 7.09. The molecule has 0 aliphatic carbocycles. The van der Waals surface area contributed by atoms with E-state index < -0.39 is 0 Å². The van der Waals surface area contributed by atoms with E-state index in [1.807, 2.05) is 18.3 Å². The van der Waals surface area contributed by atoms with Crippen LogP contribution in [0.3, 0.4) is 0 Å². The van der Waals surface area contributed by atoms with E-state index in [1.54, 1.807) is 22.6 Å². The van der Waals surface area contributed by atoms with E-state index in [4.69, 9.17) is 4.74 Å². The Bertz CT molecular complexity index is 1090. The molecule has 1 fully saturated rings. The minimum absolute atomic E-state index is 0.152. The third-order valence-electron chi connectivity index (χ3n) is 4.74. The molecule has 0 amide bonds. The fraction of sp³-hybridized carbons (Fsp3) is 0.250. The molecule has 7 heteroatoms. The number of fused-ring (bicyclic) bond motifs is 1. The number of aromatic nitrogens is 2. The Labute approximate surface area is 156 Å². The molecule has 1 aliphatic heterocycles. The highest BCUT2D eigenvalue weighted by Gasteiger charge is 2.13. The second-order valence-corrected chi connectivity index (χ2v) is 6.36. The highest BCUT2D eigenvalue weighted by atomic mass is 16.5. The molecule has 27 heavy (non-hydrogen) atoms. The predicted molar refractivity (Wildman–Crippen MR) is 103 cm³/mol. The minimum atomic E-state index is -0.152. The van der Waals surface area contributed by atoms with Crippen LogP contribution in [0.2, 0.25) is 0 Å². The van der Waals surface area contributed by atoms with Crippen LogP contribution in [-0.2, 0) is 0 Å². The van der Waals surface area contributed by atoms with Crippen molar-refractivity contribution in [3.05, 3.63) is 58.5 Å². The van der Waals surface area contributed by atoms with Crippen molar-refractivity contribution in [3.8, 4) is 23.1 Å². The molecule has 0 atom stereocenters. The van der Waals surface area contributed by atoms with Crippen molar-refractivity contribution in [2.24, 2.45) is 0 Å². The first kappa shape index (κ1) is 17.1. The first-order chi connectivity index (χ1) is 13.2. The van der Waals surface area contributed by atoms with E-state index in [9.17, 15) is 10.1 Å². The van der Waals surface area contributed by atoms with Crippen molar-refractivity contribution in [1.82, 2.24) is 14.7 Å². The Hall–Kier alpha value is -3.37. The van der Waals surface area contributed by atoms with Crippen LogP contribution in [0.25, 0.3) is 16.9 Å². The van der Waals surface area contributed by atoms with Gasteiger partial charge < -0.3 is 15.0 Å². The van der Waals surface area contributed by atoms with Crippen LogP contribution >= 0.6 is 0 Å². The van der Waals surface area contributed by atoms with Gasteiger partial charge in [-0.05, 0) is 30.3 Å². The summed E-state index contributed by atoms with van der Waals surface area (Å²) in [6.07, 6.45) is 1.84. The summed E-state index contributed by atoms with van der Waals surface area (Å²) in [6, 6.07) is 12.7. The summed E-state index contributed by atoms with van der Waals surface area (Å²) in [5, 5.41) is 12.6. The average Bonchev–Trinajstić information content (AvgIpc) is 2.73. The molecule has 0 unspecified atom stereocenters. The molecule has 2 aromatic heterocycles. The number of nitrogens with zero attached hydrogens (tertiary/aromatic N) is 4. The van der Waals surface area contributed by atoms with E-state index in [0.29, 0.717) is 28.2 Å². The first-order valence-corrected chi connectivity index (χ1v) is 8.77. The smallest absolute Gasteiger partial charge is 0.258 e. The fourth-order valence-corrected chi connectivity index (χ4v) is 3.30. The van der Waals surface area contributed by atoms with E-state index in [-0.39, 0.29) is 5.56 Å². The van der Waals surface area contributed by atoms with Crippen LogP contribution < -0.4 is 20.5 Å². The van der Waals surface area contributed by atoms with Gasteiger partial charge in [0.15, 0.2) is 0 Å². The summed E-state index contributed by atoms with van der Waals surface area (Å²) in [6.45, 7) is 3.69. The summed E-state index contributed by atoms with van der Waals surface area (Å²) >= 11 is 0. The van der Waals surface area contributed by atoms with Gasteiger partial charge in [0.05, 0.1) is 24.1 Å². The molecule has 1 aliphatic rings. The molecular formula is C20H19N5O2. The number of benzene rings is 1. The van der Waals surface area contributed by atoms with E-state index in [1.165, 1.54) is 13.2 Å². The lowest BCUT2D eigenvalue weighted by atomic mass is 10.1. The number of piperazine rings is 1. The number of pyridine rings is 1. The van der Waals surface area contributed by atoms with Crippen LogP contribution in [0, 0.1) is 11.3 Å². The van der Waals surface area contributed by atoms with Gasteiger partial charge in [0.1, 0.15) is 17.5 Å². The molecule has 136 valence electrons. The maximum absolute atomic E-state index is 12.7. The van der Waals surface area contributed by atoms with Gasteiger partial charge >= 0.3 is 0 Å². The van der Waals surface area contributed by atoms with E-state index >= 15 is 0 Å². The SMILES string of the molecule is COc1ccc(-c2cc(=O)n3cc(N4CCNCC4)ccc3n2)cc1C#N. The molecule has 1 aromatic carbocycles. The lowest BCUT2D eigenvalue weighted by molar-refractivity contribution is 0.413. The number of methoxy groups -OCH3 is 1. The summed E-state index contributed by atoms with van der Waals surface area (Å²) in [5.41, 5.74) is 3.09. The zero-order chi connectivity index (χ0) is 18.8. The molecule has 4 rings (SSSR count). The molecule has 3 aromatic rings. The van der Waals surface area contributed by atoms with Gasteiger partial charge in [0, 0.05) is 44.0 Å². The minimum Gasteiger partial charge on any atom is -0.495 e. The van der Waals surface area contributed by atoms with Crippen LogP contribution in [0.4, 0.5) is 5.69 Å². The molecule has 0 saturated carbocycles. The van der Waals surface area contributed by atoms with Crippen molar-refractivity contribution >= 4 is 11.3 Å². The van der Waals surface area contributed by atoms with Gasteiger partial charge in [-0.15, -0.1) is 0 Å². The van der Waals surface area contributed by atoms with Crippen LogP contribution in [0.15, 0.2) is 47.4 Å². The fourth-order valence-electron chi connectivity index (χ4n) is 3.30. The third-order valence-corrected chi connectivity index (χ3v) is 4.74. The third kappa shape index (κ3) is 3.23. The van der Waals surface area contributed by atoms with Crippen molar-refractivity contribution in [2.75, 3.05) is 38.2 Å². The number of nitriles is 1. The van der Waals surface area contributed by atoms with Gasteiger partial charge in [-0.25, -0.2) is 4.98 Å².